The minimum atomic E-state index is 0.166. The minimum Gasteiger partial charge on any atom is -0.490 e. The van der Waals surface area contributed by atoms with Gasteiger partial charge in [-0.1, -0.05) is 74.0 Å². The number of amides is 1. The topological polar surface area (TPSA) is 29.5 Å². The Morgan fingerprint density at radius 1 is 0.944 bits per heavy atom. The van der Waals surface area contributed by atoms with Crippen LogP contribution in [0.4, 0.5) is 0 Å². The van der Waals surface area contributed by atoms with Gasteiger partial charge in [0.15, 0.2) is 0 Å². The summed E-state index contributed by atoms with van der Waals surface area (Å²) in [5, 5.41) is 0.818. The van der Waals surface area contributed by atoms with Gasteiger partial charge >= 0.3 is 0 Å². The molecule has 2 bridgehead atoms. The Balaban J connectivity index is 1.18. The van der Waals surface area contributed by atoms with Crippen molar-refractivity contribution in [2.75, 3.05) is 0 Å². The van der Waals surface area contributed by atoms with Crippen molar-refractivity contribution in [1.82, 2.24) is 4.90 Å². The van der Waals surface area contributed by atoms with Crippen molar-refractivity contribution in [2.45, 2.75) is 75.1 Å². The van der Waals surface area contributed by atoms with Gasteiger partial charge in [0.05, 0.1) is 0 Å². The molecule has 188 valence electrons. The lowest BCUT2D eigenvalue weighted by atomic mass is 9.97. The molecule has 2 aliphatic rings. The van der Waals surface area contributed by atoms with Gasteiger partial charge in [0.2, 0.25) is 0 Å². The van der Waals surface area contributed by atoms with Gasteiger partial charge < -0.3 is 9.64 Å². The summed E-state index contributed by atoms with van der Waals surface area (Å²) in [5.41, 5.74) is 4.43. The Labute approximate surface area is 224 Å². The first-order chi connectivity index (χ1) is 17.5. The maximum Gasteiger partial charge on any atom is 0.254 e. The molecular weight excluding hydrogens is 486 g/mol. The number of carbonyl (C=O) groups excluding carboxylic acids is 1. The molecule has 0 N–H and O–H groups in total. The highest BCUT2D eigenvalue weighted by atomic mass is 35.5. The lowest BCUT2D eigenvalue weighted by Gasteiger charge is -2.39. The normalized spacial score (nSPS) is 21.1. The number of ether oxygens (including phenoxy) is 1. The molecule has 2 fully saturated rings. The van der Waals surface area contributed by atoms with E-state index < -0.39 is 0 Å². The molecule has 2 unspecified atom stereocenters. The number of thioether (sulfide) groups is 1. The average molecular weight is 520 g/mol. The lowest BCUT2D eigenvalue weighted by molar-refractivity contribution is 0.0356. The molecule has 0 aliphatic carbocycles. The number of para-hydroxylation sites is 1. The molecule has 3 aromatic rings. The van der Waals surface area contributed by atoms with Gasteiger partial charge in [0.1, 0.15) is 11.9 Å². The van der Waals surface area contributed by atoms with Crippen LogP contribution in [0.3, 0.4) is 0 Å². The number of carbonyl (C=O) groups is 1. The average Bonchev–Trinajstić information content (AvgIpc) is 3.15. The van der Waals surface area contributed by atoms with Crippen molar-refractivity contribution >= 4 is 29.3 Å². The summed E-state index contributed by atoms with van der Waals surface area (Å²) in [6, 6.07) is 25.1. The van der Waals surface area contributed by atoms with Crippen LogP contribution in [0, 0.1) is 0 Å². The second-order valence-electron chi connectivity index (χ2n) is 10.3. The number of hydrogen-bond donors (Lipinski definition) is 0. The van der Waals surface area contributed by atoms with Crippen LogP contribution >= 0.6 is 23.4 Å². The fourth-order valence-electron chi connectivity index (χ4n) is 5.59. The van der Waals surface area contributed by atoms with Crippen LogP contribution in [0.15, 0.2) is 72.8 Å². The van der Waals surface area contributed by atoms with Crippen molar-refractivity contribution in [1.29, 1.82) is 0 Å². The lowest BCUT2D eigenvalue weighted by Crippen LogP contribution is -2.49. The Kier molecular flexibility index (Phi) is 7.93. The van der Waals surface area contributed by atoms with Crippen LogP contribution in [0.5, 0.6) is 5.75 Å². The molecule has 2 aliphatic heterocycles. The standard InChI is InChI=1S/C31H34ClNO2S/c1-21(2)28-8-4-6-10-30(28)35-27-17-25-15-16-26(18-27)33(25)31(34)23-13-11-22(12-14-23)19-36-20-24-7-3-5-9-29(24)32/h3-14,21,25-27H,15-20H2,1-2H3. The van der Waals surface area contributed by atoms with E-state index in [4.69, 9.17) is 16.3 Å². The predicted molar refractivity (Wildman–Crippen MR) is 150 cm³/mol. The molecule has 2 saturated heterocycles. The number of fused-ring (bicyclic) bond motifs is 2. The van der Waals surface area contributed by atoms with Crippen LogP contribution < -0.4 is 4.74 Å². The van der Waals surface area contributed by atoms with Gasteiger partial charge in [-0.15, -0.1) is 0 Å². The maximum absolute atomic E-state index is 13.5. The second kappa shape index (κ2) is 11.3. The summed E-state index contributed by atoms with van der Waals surface area (Å²) in [5.74, 6) is 3.36. The van der Waals surface area contributed by atoms with Crippen LogP contribution in [0.2, 0.25) is 5.02 Å². The number of benzene rings is 3. The van der Waals surface area contributed by atoms with Gasteiger partial charge in [-0.2, -0.15) is 11.8 Å². The largest absolute Gasteiger partial charge is 0.490 e. The third-order valence-electron chi connectivity index (χ3n) is 7.44. The zero-order valence-electron chi connectivity index (χ0n) is 21.0. The highest BCUT2D eigenvalue weighted by Gasteiger charge is 2.44. The monoisotopic (exact) mass is 519 g/mol. The molecule has 2 atom stereocenters. The van der Waals surface area contributed by atoms with E-state index in [-0.39, 0.29) is 24.1 Å². The van der Waals surface area contributed by atoms with Gasteiger partial charge in [-0.25, -0.2) is 0 Å². The van der Waals surface area contributed by atoms with Gasteiger partial charge in [-0.05, 0) is 59.7 Å². The zero-order chi connectivity index (χ0) is 25.1. The summed E-state index contributed by atoms with van der Waals surface area (Å²) < 4.78 is 6.51. The molecule has 3 nitrogen and oxygen atoms in total. The summed E-state index contributed by atoms with van der Waals surface area (Å²) >= 11 is 8.11. The number of hydrogen-bond acceptors (Lipinski definition) is 3. The Bertz CT molecular complexity index is 1180. The highest BCUT2D eigenvalue weighted by Crippen LogP contribution is 2.39. The summed E-state index contributed by atoms with van der Waals surface area (Å²) in [6.07, 6.45) is 4.12. The van der Waals surface area contributed by atoms with E-state index in [1.165, 1.54) is 11.1 Å². The van der Waals surface area contributed by atoms with Crippen molar-refractivity contribution in [3.05, 3.63) is 100 Å². The molecule has 5 heteroatoms. The summed E-state index contributed by atoms with van der Waals surface area (Å²) in [6.45, 7) is 4.41. The first-order valence-corrected chi connectivity index (χ1v) is 14.5. The third kappa shape index (κ3) is 5.60. The fraction of sp³-hybridized carbons (Fsp3) is 0.387. The van der Waals surface area contributed by atoms with Crippen molar-refractivity contribution < 1.29 is 9.53 Å². The van der Waals surface area contributed by atoms with Crippen LogP contribution in [0.25, 0.3) is 0 Å². The van der Waals surface area contributed by atoms with Crippen molar-refractivity contribution in [3.8, 4) is 5.75 Å². The van der Waals surface area contributed by atoms with Crippen LogP contribution in [-0.2, 0) is 11.5 Å². The number of halogens is 1. The number of nitrogens with zero attached hydrogens (tertiary/aromatic N) is 1. The maximum atomic E-state index is 13.5. The Morgan fingerprint density at radius 2 is 1.61 bits per heavy atom. The van der Waals surface area contributed by atoms with Gasteiger partial charge in [-0.3, -0.25) is 4.79 Å². The summed E-state index contributed by atoms with van der Waals surface area (Å²) in [7, 11) is 0. The van der Waals surface area contributed by atoms with E-state index >= 15 is 0 Å². The molecule has 36 heavy (non-hydrogen) atoms. The third-order valence-corrected chi connectivity index (χ3v) is 8.87. The first kappa shape index (κ1) is 25.2. The van der Waals surface area contributed by atoms with Crippen molar-refractivity contribution in [2.24, 2.45) is 0 Å². The van der Waals surface area contributed by atoms with E-state index in [1.54, 1.807) is 0 Å². The van der Waals surface area contributed by atoms with E-state index in [1.807, 2.05) is 48.2 Å². The van der Waals surface area contributed by atoms with Gasteiger partial charge in [0, 0.05) is 47.0 Å². The predicted octanol–water partition coefficient (Wildman–Crippen LogP) is 8.11. The van der Waals surface area contributed by atoms with Crippen LogP contribution in [0.1, 0.15) is 72.5 Å². The fourth-order valence-corrected chi connectivity index (χ4v) is 6.87. The molecule has 0 spiro atoms. The van der Waals surface area contributed by atoms with Crippen molar-refractivity contribution in [3.63, 3.8) is 0 Å². The molecular formula is C31H34ClNO2S. The highest BCUT2D eigenvalue weighted by molar-refractivity contribution is 7.97. The molecule has 0 saturated carbocycles. The second-order valence-corrected chi connectivity index (χ2v) is 11.7. The quantitative estimate of drug-likeness (QED) is 0.301. The zero-order valence-corrected chi connectivity index (χ0v) is 22.6. The van der Waals surface area contributed by atoms with E-state index in [0.29, 0.717) is 5.92 Å². The van der Waals surface area contributed by atoms with Gasteiger partial charge in [0.25, 0.3) is 5.91 Å². The minimum absolute atomic E-state index is 0.166. The number of piperidine rings is 1. The Hall–Kier alpha value is -2.43. The van der Waals surface area contributed by atoms with E-state index in [2.05, 4.69) is 55.1 Å². The van der Waals surface area contributed by atoms with E-state index in [9.17, 15) is 4.79 Å². The smallest absolute Gasteiger partial charge is 0.254 e. The first-order valence-electron chi connectivity index (χ1n) is 13.0. The molecule has 5 rings (SSSR count). The van der Waals surface area contributed by atoms with E-state index in [0.717, 1.165) is 59.1 Å². The molecule has 0 radical (unpaired) electrons. The Morgan fingerprint density at radius 3 is 2.31 bits per heavy atom. The SMILES string of the molecule is CC(C)c1ccccc1OC1CC2CCC(C1)N2C(=O)c1ccc(CSCc2ccccc2Cl)cc1. The number of rotatable bonds is 8. The molecule has 3 aromatic carbocycles. The van der Waals surface area contributed by atoms with Crippen LogP contribution in [-0.4, -0.2) is 29.0 Å². The molecule has 2 heterocycles. The molecule has 0 aromatic heterocycles. The summed E-state index contributed by atoms with van der Waals surface area (Å²) in [4.78, 5) is 15.6. The molecule has 1 amide bonds.